The number of fused-ring (bicyclic) bond motifs is 1. The van der Waals surface area contributed by atoms with E-state index >= 15 is 0 Å². The SMILES string of the molecule is CCOC(=O)[C@@H]1[C@@H]2CC[C@]3(O2)[C@H](C(=O)NCc2ccccc2)N([C@H](CO)c2ccccc2)C(=O)[C@@H]13. The van der Waals surface area contributed by atoms with E-state index in [-0.39, 0.29) is 25.0 Å². The third kappa shape index (κ3) is 3.81. The Balaban J connectivity index is 1.53. The second-order valence-electron chi connectivity index (χ2n) is 9.37. The molecule has 3 aliphatic rings. The molecule has 3 saturated heterocycles. The van der Waals surface area contributed by atoms with Crippen molar-refractivity contribution in [2.75, 3.05) is 13.2 Å². The topological polar surface area (TPSA) is 105 Å². The average molecular weight is 479 g/mol. The predicted molar refractivity (Wildman–Crippen MR) is 126 cm³/mol. The summed E-state index contributed by atoms with van der Waals surface area (Å²) in [6.45, 7) is 1.85. The number of hydrogen-bond acceptors (Lipinski definition) is 6. The largest absolute Gasteiger partial charge is 0.466 e. The Morgan fingerprint density at radius 2 is 1.86 bits per heavy atom. The first-order chi connectivity index (χ1) is 17.0. The van der Waals surface area contributed by atoms with Gasteiger partial charge < -0.3 is 24.8 Å². The molecule has 2 aromatic rings. The second-order valence-corrected chi connectivity index (χ2v) is 9.37. The molecule has 0 radical (unpaired) electrons. The van der Waals surface area contributed by atoms with Crippen LogP contribution in [0, 0.1) is 11.8 Å². The Kier molecular flexibility index (Phi) is 6.34. The van der Waals surface area contributed by atoms with Crippen LogP contribution < -0.4 is 5.32 Å². The quantitative estimate of drug-likeness (QED) is 0.562. The predicted octanol–water partition coefficient (Wildman–Crippen LogP) is 1.97. The van der Waals surface area contributed by atoms with Gasteiger partial charge >= 0.3 is 5.97 Å². The third-order valence-corrected chi connectivity index (χ3v) is 7.55. The molecule has 0 saturated carbocycles. The van der Waals surface area contributed by atoms with E-state index in [1.54, 1.807) is 6.92 Å². The zero-order valence-electron chi connectivity index (χ0n) is 19.6. The average Bonchev–Trinajstić information content (AvgIpc) is 3.52. The Hall–Kier alpha value is -3.23. The number of ether oxygens (including phenoxy) is 2. The summed E-state index contributed by atoms with van der Waals surface area (Å²) in [5.41, 5.74) is 0.499. The number of aliphatic hydroxyl groups excluding tert-OH is 1. The number of rotatable bonds is 8. The zero-order chi connectivity index (χ0) is 24.6. The molecule has 184 valence electrons. The number of likely N-dealkylation sites (tertiary alicyclic amines) is 1. The van der Waals surface area contributed by atoms with E-state index in [9.17, 15) is 19.5 Å². The minimum absolute atomic E-state index is 0.198. The van der Waals surface area contributed by atoms with Gasteiger partial charge in [-0.2, -0.15) is 0 Å². The molecule has 2 bridgehead atoms. The van der Waals surface area contributed by atoms with Gasteiger partial charge in [-0.25, -0.2) is 0 Å². The standard InChI is InChI=1S/C27H30N2O6/c1-2-34-26(33)21-20-13-14-27(35-20)22(21)25(32)29(19(16-30)18-11-7-4-8-12-18)23(27)24(31)28-15-17-9-5-3-6-10-17/h3-12,19-23,30H,2,13-16H2,1H3,(H,28,31)/t19-,20+,21-,22-,23+,27-/m1/s1. The van der Waals surface area contributed by atoms with E-state index in [0.29, 0.717) is 24.9 Å². The molecule has 0 unspecified atom stereocenters. The van der Waals surface area contributed by atoms with Crippen LogP contribution in [0.1, 0.15) is 36.9 Å². The second kappa shape index (κ2) is 9.43. The van der Waals surface area contributed by atoms with Crippen LogP contribution in [0.3, 0.4) is 0 Å². The van der Waals surface area contributed by atoms with E-state index in [0.717, 1.165) is 5.56 Å². The van der Waals surface area contributed by atoms with Gasteiger partial charge in [0.25, 0.3) is 0 Å². The highest BCUT2D eigenvalue weighted by atomic mass is 16.6. The highest BCUT2D eigenvalue weighted by molar-refractivity contribution is 5.98. The number of amides is 2. The lowest BCUT2D eigenvalue weighted by molar-refractivity contribution is -0.155. The van der Waals surface area contributed by atoms with Crippen LogP contribution in [0.5, 0.6) is 0 Å². The molecule has 8 nitrogen and oxygen atoms in total. The summed E-state index contributed by atoms with van der Waals surface area (Å²) >= 11 is 0. The van der Waals surface area contributed by atoms with E-state index in [1.807, 2.05) is 60.7 Å². The summed E-state index contributed by atoms with van der Waals surface area (Å²) in [4.78, 5) is 42.1. The van der Waals surface area contributed by atoms with Gasteiger partial charge in [0.15, 0.2) is 0 Å². The fourth-order valence-electron chi connectivity index (χ4n) is 6.14. The molecule has 2 N–H and O–H groups in total. The lowest BCUT2D eigenvalue weighted by Gasteiger charge is -2.36. The molecule has 8 heteroatoms. The maximum Gasteiger partial charge on any atom is 0.312 e. The number of esters is 1. The van der Waals surface area contributed by atoms with Crippen LogP contribution >= 0.6 is 0 Å². The van der Waals surface area contributed by atoms with Gasteiger partial charge in [-0.15, -0.1) is 0 Å². The van der Waals surface area contributed by atoms with Gasteiger partial charge in [0.1, 0.15) is 11.6 Å². The fraction of sp³-hybridized carbons (Fsp3) is 0.444. The van der Waals surface area contributed by atoms with Crippen molar-refractivity contribution < 1.29 is 29.0 Å². The van der Waals surface area contributed by atoms with E-state index < -0.39 is 41.6 Å². The van der Waals surface area contributed by atoms with Crippen molar-refractivity contribution in [1.29, 1.82) is 0 Å². The molecule has 35 heavy (non-hydrogen) atoms. The van der Waals surface area contributed by atoms with Crippen molar-refractivity contribution in [2.45, 2.75) is 50.1 Å². The summed E-state index contributed by atoms with van der Waals surface area (Å²) in [5.74, 6) is -2.77. The highest BCUT2D eigenvalue weighted by Gasteiger charge is 2.75. The number of carbonyl (C=O) groups excluding carboxylic acids is 3. The number of carbonyl (C=O) groups is 3. The molecule has 3 heterocycles. The molecule has 0 aliphatic carbocycles. The van der Waals surface area contributed by atoms with Crippen LogP contribution in [0.15, 0.2) is 60.7 Å². The Labute approximate surface area is 204 Å². The van der Waals surface area contributed by atoms with Crippen molar-refractivity contribution >= 4 is 17.8 Å². The summed E-state index contributed by atoms with van der Waals surface area (Å²) < 4.78 is 11.7. The first-order valence-electron chi connectivity index (χ1n) is 12.2. The summed E-state index contributed by atoms with van der Waals surface area (Å²) in [5, 5.41) is 13.4. The normalized spacial score (nSPS) is 29.7. The van der Waals surface area contributed by atoms with Crippen LogP contribution in [0.2, 0.25) is 0 Å². The van der Waals surface area contributed by atoms with Gasteiger partial charge in [0.05, 0.1) is 37.2 Å². The maximum absolute atomic E-state index is 14.0. The molecule has 6 atom stereocenters. The molecule has 2 amide bonds. The number of benzene rings is 2. The van der Waals surface area contributed by atoms with Crippen LogP contribution in [0.25, 0.3) is 0 Å². The number of nitrogens with one attached hydrogen (secondary N) is 1. The Morgan fingerprint density at radius 1 is 1.17 bits per heavy atom. The maximum atomic E-state index is 14.0. The first-order valence-corrected chi connectivity index (χ1v) is 12.2. The lowest BCUT2D eigenvalue weighted by Crippen LogP contribution is -2.56. The molecule has 2 aromatic carbocycles. The number of hydrogen-bond donors (Lipinski definition) is 2. The van der Waals surface area contributed by atoms with Gasteiger partial charge in [-0.1, -0.05) is 60.7 Å². The van der Waals surface area contributed by atoms with Crippen LogP contribution in [-0.2, 0) is 30.4 Å². The highest BCUT2D eigenvalue weighted by Crippen LogP contribution is 2.59. The minimum Gasteiger partial charge on any atom is -0.466 e. The lowest BCUT2D eigenvalue weighted by atomic mass is 9.71. The van der Waals surface area contributed by atoms with E-state index in [4.69, 9.17) is 9.47 Å². The molecule has 3 aliphatic heterocycles. The van der Waals surface area contributed by atoms with Gasteiger partial charge in [-0.3, -0.25) is 14.4 Å². The van der Waals surface area contributed by atoms with Crippen LogP contribution in [0.4, 0.5) is 0 Å². The third-order valence-electron chi connectivity index (χ3n) is 7.55. The fourth-order valence-corrected chi connectivity index (χ4v) is 6.14. The van der Waals surface area contributed by atoms with Crippen molar-refractivity contribution in [3.05, 3.63) is 71.8 Å². The van der Waals surface area contributed by atoms with Crippen molar-refractivity contribution in [2.24, 2.45) is 11.8 Å². The minimum atomic E-state index is -1.14. The molecule has 1 spiro atoms. The number of nitrogens with zero attached hydrogens (tertiary/aromatic N) is 1. The van der Waals surface area contributed by atoms with Gasteiger partial charge in [0.2, 0.25) is 11.8 Å². The molecular formula is C27H30N2O6. The summed E-state index contributed by atoms with van der Waals surface area (Å²) in [6.07, 6.45) is 0.592. The number of aliphatic hydroxyl groups is 1. The Morgan fingerprint density at radius 3 is 2.51 bits per heavy atom. The molecular weight excluding hydrogens is 448 g/mol. The smallest absolute Gasteiger partial charge is 0.312 e. The monoisotopic (exact) mass is 478 g/mol. The van der Waals surface area contributed by atoms with E-state index in [1.165, 1.54) is 4.90 Å². The van der Waals surface area contributed by atoms with E-state index in [2.05, 4.69) is 5.32 Å². The first kappa shape index (κ1) is 23.5. The van der Waals surface area contributed by atoms with Gasteiger partial charge in [0, 0.05) is 6.54 Å². The summed E-state index contributed by atoms with van der Waals surface area (Å²) in [6, 6.07) is 16.9. The summed E-state index contributed by atoms with van der Waals surface area (Å²) in [7, 11) is 0. The molecule has 0 aromatic heterocycles. The van der Waals surface area contributed by atoms with Crippen molar-refractivity contribution in [3.63, 3.8) is 0 Å². The Bertz CT molecular complexity index is 1090. The molecule has 5 rings (SSSR count). The molecule has 3 fully saturated rings. The van der Waals surface area contributed by atoms with Gasteiger partial charge in [-0.05, 0) is 30.9 Å². The van der Waals surface area contributed by atoms with Crippen molar-refractivity contribution in [1.82, 2.24) is 10.2 Å². The zero-order valence-corrected chi connectivity index (χ0v) is 19.6. The van der Waals surface area contributed by atoms with Crippen molar-refractivity contribution in [3.8, 4) is 0 Å². The van der Waals surface area contributed by atoms with Crippen LogP contribution in [-0.4, -0.2) is 58.8 Å².